The number of fused-ring (bicyclic) bond motifs is 1. The molecule has 8 nitrogen and oxygen atoms in total. The van der Waals surface area contributed by atoms with Gasteiger partial charge in [-0.15, -0.1) is 0 Å². The first-order valence-corrected chi connectivity index (χ1v) is 10.6. The topological polar surface area (TPSA) is 87.7 Å². The van der Waals surface area contributed by atoms with Gasteiger partial charge < -0.3 is 9.47 Å². The van der Waals surface area contributed by atoms with Gasteiger partial charge in [-0.25, -0.2) is 9.79 Å². The Morgan fingerprint density at radius 3 is 2.61 bits per heavy atom. The van der Waals surface area contributed by atoms with Gasteiger partial charge >= 0.3 is 5.97 Å². The molecular formula is C22H22N4O4S. The lowest BCUT2D eigenvalue weighted by Crippen LogP contribution is -2.39. The minimum Gasteiger partial charge on any atom is -0.497 e. The van der Waals surface area contributed by atoms with Gasteiger partial charge in [0, 0.05) is 12.7 Å². The first-order valence-electron chi connectivity index (χ1n) is 9.75. The van der Waals surface area contributed by atoms with Gasteiger partial charge in [-0.05, 0) is 43.7 Å². The molecule has 0 aliphatic carbocycles. The molecule has 2 aromatic heterocycles. The van der Waals surface area contributed by atoms with Crippen molar-refractivity contribution in [3.63, 3.8) is 0 Å². The monoisotopic (exact) mass is 438 g/mol. The number of thiazole rings is 1. The molecule has 1 aliphatic rings. The van der Waals surface area contributed by atoms with Crippen molar-refractivity contribution in [1.82, 2.24) is 14.3 Å². The molecule has 160 valence electrons. The second-order valence-electron chi connectivity index (χ2n) is 6.92. The summed E-state index contributed by atoms with van der Waals surface area (Å²) in [5.41, 5.74) is 2.24. The van der Waals surface area contributed by atoms with Crippen molar-refractivity contribution in [3.8, 4) is 5.75 Å². The Hall–Kier alpha value is -3.46. The van der Waals surface area contributed by atoms with E-state index in [0.717, 1.165) is 11.3 Å². The fraction of sp³-hybridized carbons (Fsp3) is 0.273. The van der Waals surface area contributed by atoms with Gasteiger partial charge in [0.15, 0.2) is 4.80 Å². The fourth-order valence-corrected chi connectivity index (χ4v) is 4.69. The van der Waals surface area contributed by atoms with Crippen molar-refractivity contribution >= 4 is 23.4 Å². The molecule has 4 rings (SSSR count). The number of methoxy groups -OCH3 is 2. The van der Waals surface area contributed by atoms with Gasteiger partial charge in [0.05, 0.1) is 41.8 Å². The molecule has 0 spiro atoms. The molecular weight excluding hydrogens is 416 g/mol. The number of esters is 1. The highest BCUT2D eigenvalue weighted by Crippen LogP contribution is 2.31. The molecule has 0 unspecified atom stereocenters. The first kappa shape index (κ1) is 20.8. The van der Waals surface area contributed by atoms with E-state index in [1.54, 1.807) is 36.9 Å². The van der Waals surface area contributed by atoms with E-state index in [9.17, 15) is 9.59 Å². The lowest BCUT2D eigenvalue weighted by atomic mass is 9.96. The summed E-state index contributed by atoms with van der Waals surface area (Å²) >= 11 is 1.29. The average molecular weight is 439 g/mol. The second kappa shape index (κ2) is 8.35. The Labute approximate surface area is 182 Å². The van der Waals surface area contributed by atoms with E-state index in [2.05, 4.69) is 10.1 Å². The molecule has 0 saturated carbocycles. The van der Waals surface area contributed by atoms with Gasteiger partial charge in [0.25, 0.3) is 5.56 Å². The molecule has 1 aromatic carbocycles. The molecule has 1 aliphatic heterocycles. The number of hydrogen-bond donors (Lipinski definition) is 0. The Kier molecular flexibility index (Phi) is 5.60. The van der Waals surface area contributed by atoms with Crippen LogP contribution < -0.4 is 19.6 Å². The van der Waals surface area contributed by atoms with Crippen LogP contribution in [0.15, 0.2) is 57.6 Å². The summed E-state index contributed by atoms with van der Waals surface area (Å²) in [5.74, 6) is 0.171. The molecule has 0 saturated heterocycles. The van der Waals surface area contributed by atoms with Crippen molar-refractivity contribution in [2.24, 2.45) is 4.99 Å². The van der Waals surface area contributed by atoms with Gasteiger partial charge in [-0.1, -0.05) is 23.5 Å². The van der Waals surface area contributed by atoms with E-state index >= 15 is 0 Å². The van der Waals surface area contributed by atoms with Crippen molar-refractivity contribution in [2.75, 3.05) is 14.2 Å². The highest BCUT2D eigenvalue weighted by molar-refractivity contribution is 7.07. The van der Waals surface area contributed by atoms with Crippen molar-refractivity contribution in [2.45, 2.75) is 26.4 Å². The molecule has 3 heterocycles. The summed E-state index contributed by atoms with van der Waals surface area (Å²) in [4.78, 5) is 31.2. The molecule has 1 atom stereocenters. The number of aromatic nitrogens is 3. The number of benzene rings is 1. The fourth-order valence-electron chi connectivity index (χ4n) is 3.66. The zero-order valence-corrected chi connectivity index (χ0v) is 18.5. The number of carbonyl (C=O) groups excluding carboxylic acids is 1. The first-order chi connectivity index (χ1) is 15.0. The summed E-state index contributed by atoms with van der Waals surface area (Å²) in [6, 6.07) is 8.49. The van der Waals surface area contributed by atoms with Crippen LogP contribution in [0, 0.1) is 0 Å². The maximum Gasteiger partial charge on any atom is 0.338 e. The number of carbonyl (C=O) groups is 1. The Morgan fingerprint density at radius 1 is 1.23 bits per heavy atom. The maximum absolute atomic E-state index is 13.5. The largest absolute Gasteiger partial charge is 0.497 e. The molecule has 31 heavy (non-hydrogen) atoms. The highest BCUT2D eigenvalue weighted by Gasteiger charge is 2.33. The van der Waals surface area contributed by atoms with E-state index in [0.29, 0.717) is 32.9 Å². The number of ether oxygens (including phenoxy) is 2. The third-order valence-electron chi connectivity index (χ3n) is 5.19. The van der Waals surface area contributed by atoms with Gasteiger partial charge in [-0.2, -0.15) is 5.10 Å². The predicted molar refractivity (Wildman–Crippen MR) is 117 cm³/mol. The smallest absolute Gasteiger partial charge is 0.338 e. The third-order valence-corrected chi connectivity index (χ3v) is 6.17. The van der Waals surface area contributed by atoms with Crippen molar-refractivity contribution < 1.29 is 14.3 Å². The second-order valence-corrected chi connectivity index (χ2v) is 7.93. The Morgan fingerprint density at radius 2 is 1.97 bits per heavy atom. The molecule has 0 N–H and O–H groups in total. The van der Waals surface area contributed by atoms with Gasteiger partial charge in [0.2, 0.25) is 0 Å². The van der Waals surface area contributed by atoms with Crippen molar-refractivity contribution in [3.05, 3.63) is 78.7 Å². The van der Waals surface area contributed by atoms with Crippen LogP contribution in [0.2, 0.25) is 0 Å². The maximum atomic E-state index is 13.5. The van der Waals surface area contributed by atoms with E-state index in [1.165, 1.54) is 18.4 Å². The predicted octanol–water partition coefficient (Wildman–Crippen LogP) is 1.63. The van der Waals surface area contributed by atoms with Gasteiger partial charge in [0.1, 0.15) is 5.75 Å². The summed E-state index contributed by atoms with van der Waals surface area (Å²) in [6.07, 6.45) is 3.51. The van der Waals surface area contributed by atoms with Crippen LogP contribution in [0.5, 0.6) is 5.75 Å². The number of nitrogens with zero attached hydrogens (tertiary/aromatic N) is 4. The lowest BCUT2D eigenvalue weighted by molar-refractivity contribution is -0.136. The zero-order chi connectivity index (χ0) is 22.1. The summed E-state index contributed by atoms with van der Waals surface area (Å²) < 4.78 is 14.2. The number of rotatable bonds is 5. The van der Waals surface area contributed by atoms with Crippen LogP contribution in [-0.4, -0.2) is 34.5 Å². The van der Waals surface area contributed by atoms with Crippen LogP contribution in [-0.2, 0) is 16.1 Å². The van der Waals surface area contributed by atoms with E-state index in [1.807, 2.05) is 35.9 Å². The highest BCUT2D eigenvalue weighted by atomic mass is 32.1. The Bertz CT molecular complexity index is 1350. The zero-order valence-electron chi connectivity index (χ0n) is 17.7. The van der Waals surface area contributed by atoms with E-state index in [-0.39, 0.29) is 5.56 Å². The third kappa shape index (κ3) is 3.61. The van der Waals surface area contributed by atoms with Crippen LogP contribution in [0.4, 0.5) is 0 Å². The minimum atomic E-state index is -0.646. The molecule has 0 radical (unpaired) electrons. The number of hydrogen-bond acceptors (Lipinski definition) is 7. The van der Waals surface area contributed by atoms with E-state index < -0.39 is 12.0 Å². The molecule has 9 heteroatoms. The Balaban J connectivity index is 1.96. The summed E-state index contributed by atoms with van der Waals surface area (Å²) in [7, 11) is 2.91. The summed E-state index contributed by atoms with van der Waals surface area (Å²) in [5, 5.41) is 4.26. The summed E-state index contributed by atoms with van der Waals surface area (Å²) in [6.45, 7) is 4.44. The van der Waals surface area contributed by atoms with Crippen molar-refractivity contribution in [1.29, 1.82) is 0 Å². The van der Waals surface area contributed by atoms with Crippen LogP contribution in [0.3, 0.4) is 0 Å². The standard InChI is InChI=1S/C22H22N4O4S/c1-5-25-15(10-11-23-25)12-17-20(27)26-19(14-6-8-16(29-3)9-7-14)18(21(28)30-4)13(2)24-22(26)31-17/h6-12,19H,5H2,1-4H3/b17-12+/t19-/m1/s1. The van der Waals surface area contributed by atoms with Crippen LogP contribution in [0.25, 0.3) is 6.08 Å². The molecule has 3 aromatic rings. The van der Waals surface area contributed by atoms with E-state index in [4.69, 9.17) is 9.47 Å². The quantitative estimate of drug-likeness (QED) is 0.565. The number of allylic oxidation sites excluding steroid dienone is 1. The van der Waals surface area contributed by atoms with Crippen LogP contribution in [0.1, 0.15) is 31.1 Å². The SMILES string of the molecule is CCn1nccc1/C=c1/sc2n(c1=O)[C@H](c1ccc(OC)cc1)C(C(=O)OC)=C(C)N=2. The minimum absolute atomic E-state index is 0.220. The van der Waals surface area contributed by atoms with Crippen LogP contribution >= 0.6 is 11.3 Å². The normalized spacial score (nSPS) is 16.1. The molecule has 0 bridgehead atoms. The molecule has 0 amide bonds. The lowest BCUT2D eigenvalue weighted by Gasteiger charge is -2.24. The van der Waals surface area contributed by atoms with Gasteiger partial charge in [-0.3, -0.25) is 14.0 Å². The average Bonchev–Trinajstić information content (AvgIpc) is 3.36. The molecule has 0 fully saturated rings. The number of aryl methyl sites for hydroxylation is 1.